The van der Waals surface area contributed by atoms with E-state index in [1.165, 1.54) is 5.56 Å². The first kappa shape index (κ1) is 19.2. The van der Waals surface area contributed by atoms with Gasteiger partial charge in [0.1, 0.15) is 5.75 Å². The topological polar surface area (TPSA) is 42.4 Å². The molecule has 0 bridgehead atoms. The number of fused-ring (bicyclic) bond motifs is 1. The van der Waals surface area contributed by atoms with E-state index >= 15 is 0 Å². The number of thiazole rings is 1. The monoisotopic (exact) mass is 402 g/mol. The fourth-order valence-electron chi connectivity index (χ4n) is 3.17. The fraction of sp³-hybridized carbons (Fsp3) is 0.167. The first-order valence-corrected chi connectivity index (χ1v) is 10.4. The van der Waals surface area contributed by atoms with Crippen LogP contribution >= 0.6 is 11.3 Å². The lowest BCUT2D eigenvalue weighted by Gasteiger charge is -2.20. The number of amides is 1. The summed E-state index contributed by atoms with van der Waals surface area (Å²) in [6, 6.07) is 23.5. The van der Waals surface area contributed by atoms with Crippen LogP contribution in [0.5, 0.6) is 5.75 Å². The van der Waals surface area contributed by atoms with E-state index in [0.717, 1.165) is 28.0 Å². The van der Waals surface area contributed by atoms with Crippen LogP contribution < -0.4 is 9.64 Å². The van der Waals surface area contributed by atoms with Gasteiger partial charge in [-0.05, 0) is 53.9 Å². The zero-order chi connectivity index (χ0) is 20.2. The van der Waals surface area contributed by atoms with Crippen LogP contribution in [0.25, 0.3) is 10.2 Å². The second kappa shape index (κ2) is 8.45. The molecule has 4 rings (SSSR count). The normalized spacial score (nSPS) is 10.8. The summed E-state index contributed by atoms with van der Waals surface area (Å²) in [4.78, 5) is 19.9. The van der Waals surface area contributed by atoms with Crippen LogP contribution in [0, 0.1) is 0 Å². The Morgan fingerprint density at radius 2 is 1.76 bits per heavy atom. The first-order valence-electron chi connectivity index (χ1n) is 9.57. The molecule has 0 aliphatic carbocycles. The minimum Gasteiger partial charge on any atom is -0.497 e. The number of ether oxygens (including phenoxy) is 1. The maximum atomic E-state index is 13.4. The highest BCUT2D eigenvalue weighted by Gasteiger charge is 2.22. The molecule has 29 heavy (non-hydrogen) atoms. The van der Waals surface area contributed by atoms with Gasteiger partial charge in [0.2, 0.25) is 0 Å². The molecular weight excluding hydrogens is 380 g/mol. The Kier molecular flexibility index (Phi) is 5.58. The molecule has 3 aromatic carbocycles. The van der Waals surface area contributed by atoms with Crippen molar-refractivity contribution in [2.75, 3.05) is 12.0 Å². The molecule has 5 heteroatoms. The molecule has 1 heterocycles. The van der Waals surface area contributed by atoms with Crippen LogP contribution in [0.4, 0.5) is 5.13 Å². The highest BCUT2D eigenvalue weighted by molar-refractivity contribution is 7.22. The van der Waals surface area contributed by atoms with Gasteiger partial charge in [-0.15, -0.1) is 0 Å². The molecule has 0 spiro atoms. The molecule has 0 saturated carbocycles. The lowest BCUT2D eigenvalue weighted by molar-refractivity contribution is 0.0985. The number of aryl methyl sites for hydroxylation is 1. The highest BCUT2D eigenvalue weighted by Crippen LogP contribution is 2.32. The van der Waals surface area contributed by atoms with Crippen molar-refractivity contribution in [3.05, 3.63) is 89.5 Å². The van der Waals surface area contributed by atoms with E-state index in [-0.39, 0.29) is 5.91 Å². The van der Waals surface area contributed by atoms with E-state index in [1.807, 2.05) is 36.4 Å². The van der Waals surface area contributed by atoms with Gasteiger partial charge in [-0.2, -0.15) is 0 Å². The van der Waals surface area contributed by atoms with Gasteiger partial charge in [0.05, 0.1) is 23.9 Å². The quantitative estimate of drug-likeness (QED) is 0.415. The Bertz CT molecular complexity index is 1120. The lowest BCUT2D eigenvalue weighted by Crippen LogP contribution is -2.30. The zero-order valence-electron chi connectivity index (χ0n) is 16.5. The van der Waals surface area contributed by atoms with E-state index in [9.17, 15) is 4.79 Å². The second-order valence-corrected chi connectivity index (χ2v) is 7.77. The predicted molar refractivity (Wildman–Crippen MR) is 119 cm³/mol. The third kappa shape index (κ3) is 4.15. The summed E-state index contributed by atoms with van der Waals surface area (Å²) < 4.78 is 6.31. The van der Waals surface area contributed by atoms with Crippen molar-refractivity contribution >= 4 is 32.6 Å². The van der Waals surface area contributed by atoms with Crippen molar-refractivity contribution in [1.82, 2.24) is 4.98 Å². The summed E-state index contributed by atoms with van der Waals surface area (Å²) in [6.45, 7) is 2.60. The van der Waals surface area contributed by atoms with Crippen LogP contribution in [-0.4, -0.2) is 18.0 Å². The number of nitrogens with zero attached hydrogens (tertiary/aromatic N) is 2. The molecule has 0 unspecified atom stereocenters. The van der Waals surface area contributed by atoms with Gasteiger partial charge in [-0.1, -0.05) is 54.7 Å². The molecule has 4 nitrogen and oxygen atoms in total. The second-order valence-electron chi connectivity index (χ2n) is 6.76. The lowest BCUT2D eigenvalue weighted by atomic mass is 10.1. The van der Waals surface area contributed by atoms with E-state index in [2.05, 4.69) is 19.1 Å². The number of methoxy groups -OCH3 is 1. The van der Waals surface area contributed by atoms with Crippen LogP contribution in [-0.2, 0) is 13.0 Å². The number of rotatable bonds is 6. The molecule has 146 valence electrons. The summed E-state index contributed by atoms with van der Waals surface area (Å²) in [6.07, 6.45) is 0.974. The third-order valence-electron chi connectivity index (χ3n) is 4.85. The van der Waals surface area contributed by atoms with Gasteiger partial charge in [0.25, 0.3) is 5.91 Å². The van der Waals surface area contributed by atoms with Crippen molar-refractivity contribution < 1.29 is 9.53 Å². The molecule has 1 amide bonds. The van der Waals surface area contributed by atoms with E-state index in [4.69, 9.17) is 9.72 Å². The Labute approximate surface area is 174 Å². The number of benzene rings is 3. The van der Waals surface area contributed by atoms with E-state index in [1.54, 1.807) is 47.6 Å². The highest BCUT2D eigenvalue weighted by atomic mass is 32.1. The van der Waals surface area contributed by atoms with Crippen LogP contribution in [0.15, 0.2) is 72.8 Å². The number of hydrogen-bond donors (Lipinski definition) is 0. The number of aromatic nitrogens is 1. The molecule has 0 aliphatic rings. The van der Waals surface area contributed by atoms with Crippen molar-refractivity contribution in [3.63, 3.8) is 0 Å². The molecule has 0 atom stereocenters. The molecule has 0 saturated heterocycles. The number of hydrogen-bond acceptors (Lipinski definition) is 4. The minimum absolute atomic E-state index is 0.0775. The number of carbonyl (C=O) groups is 1. The smallest absolute Gasteiger partial charge is 0.260 e. The first-order chi connectivity index (χ1) is 14.2. The van der Waals surface area contributed by atoms with Crippen molar-refractivity contribution in [3.8, 4) is 5.75 Å². The summed E-state index contributed by atoms with van der Waals surface area (Å²) in [5.41, 5.74) is 3.85. The maximum Gasteiger partial charge on any atom is 0.260 e. The molecule has 0 radical (unpaired) electrons. The molecule has 1 aromatic heterocycles. The average Bonchev–Trinajstić information content (AvgIpc) is 3.20. The minimum atomic E-state index is -0.0775. The van der Waals surface area contributed by atoms with Gasteiger partial charge >= 0.3 is 0 Å². The van der Waals surface area contributed by atoms with Crippen molar-refractivity contribution in [1.29, 1.82) is 0 Å². The third-order valence-corrected chi connectivity index (χ3v) is 5.89. The summed E-state index contributed by atoms with van der Waals surface area (Å²) in [5.74, 6) is 0.648. The van der Waals surface area contributed by atoms with Crippen LogP contribution in [0.3, 0.4) is 0 Å². The number of carbonyl (C=O) groups excluding carboxylic acids is 1. The van der Waals surface area contributed by atoms with E-state index < -0.39 is 0 Å². The van der Waals surface area contributed by atoms with Gasteiger partial charge in [-0.25, -0.2) is 4.98 Å². The molecule has 4 aromatic rings. The number of anilines is 1. The van der Waals surface area contributed by atoms with Crippen molar-refractivity contribution in [2.24, 2.45) is 0 Å². The Hall–Kier alpha value is -3.18. The predicted octanol–water partition coefficient (Wildman–Crippen LogP) is 5.71. The zero-order valence-corrected chi connectivity index (χ0v) is 17.3. The van der Waals surface area contributed by atoms with Gasteiger partial charge in [0, 0.05) is 5.56 Å². The largest absolute Gasteiger partial charge is 0.497 e. The van der Waals surface area contributed by atoms with Crippen LogP contribution in [0.2, 0.25) is 0 Å². The fourth-order valence-corrected chi connectivity index (χ4v) is 4.20. The Balaban J connectivity index is 1.74. The summed E-state index contributed by atoms with van der Waals surface area (Å²) >= 11 is 1.55. The van der Waals surface area contributed by atoms with Crippen LogP contribution in [0.1, 0.15) is 28.4 Å². The standard InChI is InChI=1S/C24H22N2O2S/c1-3-17-9-14-21-22(15-17)29-24(25-21)26(16-18-7-5-4-6-8-18)23(27)19-10-12-20(28-2)13-11-19/h4-15H,3,16H2,1-2H3. The van der Waals surface area contributed by atoms with Gasteiger partial charge < -0.3 is 4.74 Å². The molecule has 0 aliphatic heterocycles. The van der Waals surface area contributed by atoms with E-state index in [0.29, 0.717) is 17.2 Å². The van der Waals surface area contributed by atoms with Gasteiger partial charge in [-0.3, -0.25) is 9.69 Å². The molecule has 0 N–H and O–H groups in total. The SMILES string of the molecule is CCc1ccc2nc(N(Cc3ccccc3)C(=O)c3ccc(OC)cc3)sc2c1. The van der Waals surface area contributed by atoms with Crippen molar-refractivity contribution in [2.45, 2.75) is 19.9 Å². The molecule has 0 fully saturated rings. The average molecular weight is 403 g/mol. The Morgan fingerprint density at radius 3 is 2.45 bits per heavy atom. The summed E-state index contributed by atoms with van der Waals surface area (Å²) in [5, 5.41) is 0.706. The van der Waals surface area contributed by atoms with Gasteiger partial charge in [0.15, 0.2) is 5.13 Å². The Morgan fingerprint density at radius 1 is 1.00 bits per heavy atom. The maximum absolute atomic E-state index is 13.4. The molecular formula is C24H22N2O2S. The summed E-state index contributed by atoms with van der Waals surface area (Å²) in [7, 11) is 1.62.